The van der Waals surface area contributed by atoms with Crippen LogP contribution < -0.4 is 10.1 Å². The number of thioether (sulfide) groups is 1. The van der Waals surface area contributed by atoms with E-state index < -0.39 is 10.8 Å². The Kier molecular flexibility index (Phi) is 6.07. The number of anilines is 1. The summed E-state index contributed by atoms with van der Waals surface area (Å²) in [5.74, 6) is 0.0421. The van der Waals surface area contributed by atoms with E-state index in [9.17, 15) is 14.9 Å². The van der Waals surface area contributed by atoms with Crippen LogP contribution in [-0.2, 0) is 4.79 Å². The van der Waals surface area contributed by atoms with E-state index in [4.69, 9.17) is 20.8 Å². The van der Waals surface area contributed by atoms with Crippen molar-refractivity contribution in [1.82, 2.24) is 10.2 Å². The second-order valence-electron chi connectivity index (χ2n) is 6.09. The molecule has 2 heterocycles. The zero-order valence-corrected chi connectivity index (χ0v) is 18.2. The quantitative estimate of drug-likeness (QED) is 0.218. The van der Waals surface area contributed by atoms with Crippen molar-refractivity contribution in [3.63, 3.8) is 0 Å². The number of hydrogen-bond donors (Lipinski definition) is 1. The highest BCUT2D eigenvalue weighted by atomic mass is 35.5. The summed E-state index contributed by atoms with van der Waals surface area (Å²) >= 11 is 8.87. The standard InChI is InChI=1S/C19H13ClN4O5S2/c1-28-10-6-7-12(13(8-10)24(26)27)21-15(25)9-30-19-23-22-18(29-19)17-16(20)11-4-2-3-5-14(11)31-17/h2-8H,9H2,1H3,(H,21,25). The monoisotopic (exact) mass is 476 g/mol. The summed E-state index contributed by atoms with van der Waals surface area (Å²) in [6.07, 6.45) is 0. The van der Waals surface area contributed by atoms with E-state index in [1.165, 1.54) is 36.6 Å². The number of hydrogen-bond acceptors (Lipinski definition) is 9. The van der Waals surface area contributed by atoms with Gasteiger partial charge in [0.2, 0.25) is 5.91 Å². The first-order chi connectivity index (χ1) is 15.0. The molecule has 2 aromatic heterocycles. The van der Waals surface area contributed by atoms with Gasteiger partial charge < -0.3 is 14.5 Å². The molecule has 0 fully saturated rings. The third kappa shape index (κ3) is 4.48. The number of benzene rings is 2. The number of fused-ring (bicyclic) bond motifs is 1. The van der Waals surface area contributed by atoms with E-state index in [0.717, 1.165) is 21.8 Å². The van der Waals surface area contributed by atoms with Crippen LogP contribution in [0, 0.1) is 10.1 Å². The van der Waals surface area contributed by atoms with Crippen LogP contribution in [0.4, 0.5) is 11.4 Å². The summed E-state index contributed by atoms with van der Waals surface area (Å²) in [7, 11) is 1.40. The molecule has 0 radical (unpaired) electrons. The topological polar surface area (TPSA) is 120 Å². The smallest absolute Gasteiger partial charge is 0.296 e. The molecule has 0 bridgehead atoms. The molecule has 4 rings (SSSR count). The molecule has 0 spiro atoms. The maximum absolute atomic E-state index is 12.3. The average molecular weight is 477 g/mol. The number of nitro benzene ring substituents is 1. The Morgan fingerprint density at radius 3 is 2.87 bits per heavy atom. The number of aromatic nitrogens is 2. The Labute approximate surface area is 188 Å². The SMILES string of the molecule is COc1ccc(NC(=O)CSc2nnc(-c3sc4ccccc4c3Cl)o2)c([N+](=O)[O-])c1. The van der Waals surface area contributed by atoms with Gasteiger partial charge in [-0.25, -0.2) is 0 Å². The molecule has 0 saturated carbocycles. The number of carbonyl (C=O) groups is 1. The van der Waals surface area contributed by atoms with E-state index in [1.807, 2.05) is 24.3 Å². The Balaban J connectivity index is 1.44. The van der Waals surface area contributed by atoms with Crippen LogP contribution in [0.15, 0.2) is 52.1 Å². The summed E-state index contributed by atoms with van der Waals surface area (Å²) in [5.41, 5.74) is -0.197. The fraction of sp³-hybridized carbons (Fsp3) is 0.105. The average Bonchev–Trinajstić information content (AvgIpc) is 3.37. The van der Waals surface area contributed by atoms with E-state index in [0.29, 0.717) is 15.6 Å². The Morgan fingerprint density at radius 1 is 1.32 bits per heavy atom. The van der Waals surface area contributed by atoms with Crippen LogP contribution >= 0.6 is 34.7 Å². The number of ether oxygens (including phenoxy) is 1. The molecule has 9 nitrogen and oxygen atoms in total. The summed E-state index contributed by atoms with van der Waals surface area (Å²) in [4.78, 5) is 23.6. The van der Waals surface area contributed by atoms with Gasteiger partial charge in [-0.1, -0.05) is 41.6 Å². The van der Waals surface area contributed by atoms with Crippen molar-refractivity contribution in [2.45, 2.75) is 5.22 Å². The second-order valence-corrected chi connectivity index (χ2v) is 8.45. The number of halogens is 1. The molecule has 4 aromatic rings. The highest BCUT2D eigenvalue weighted by molar-refractivity contribution is 7.99. The first-order valence-electron chi connectivity index (χ1n) is 8.72. The van der Waals surface area contributed by atoms with E-state index >= 15 is 0 Å². The van der Waals surface area contributed by atoms with E-state index in [2.05, 4.69) is 15.5 Å². The number of rotatable bonds is 7. The molecule has 0 aliphatic rings. The zero-order valence-electron chi connectivity index (χ0n) is 15.8. The normalized spacial score (nSPS) is 10.9. The van der Waals surface area contributed by atoms with Gasteiger partial charge in [-0.3, -0.25) is 14.9 Å². The molecule has 0 aliphatic carbocycles. The Hall–Kier alpha value is -3.15. The van der Waals surface area contributed by atoms with Gasteiger partial charge in [0.05, 0.1) is 28.9 Å². The number of thiophene rings is 1. The first-order valence-corrected chi connectivity index (χ1v) is 10.9. The molecular weight excluding hydrogens is 464 g/mol. The highest BCUT2D eigenvalue weighted by Gasteiger charge is 2.20. The van der Waals surface area contributed by atoms with Crippen LogP contribution in [0.2, 0.25) is 5.02 Å². The summed E-state index contributed by atoms with van der Waals surface area (Å²) < 4.78 is 11.6. The lowest BCUT2D eigenvalue weighted by Crippen LogP contribution is -2.15. The predicted molar refractivity (Wildman–Crippen MR) is 119 cm³/mol. The fourth-order valence-corrected chi connectivity index (χ4v) is 4.72. The zero-order chi connectivity index (χ0) is 22.0. The number of amides is 1. The predicted octanol–water partition coefficient (Wildman–Crippen LogP) is 5.25. The maximum atomic E-state index is 12.3. The van der Waals surface area contributed by atoms with Gasteiger partial charge in [0.15, 0.2) is 0 Å². The largest absolute Gasteiger partial charge is 0.496 e. The van der Waals surface area contributed by atoms with Gasteiger partial charge in [-0.15, -0.1) is 21.5 Å². The minimum atomic E-state index is -0.593. The van der Waals surface area contributed by atoms with Gasteiger partial charge in [-0.05, 0) is 18.2 Å². The number of carbonyl (C=O) groups excluding carboxylic acids is 1. The summed E-state index contributed by atoms with van der Waals surface area (Å²) in [6, 6.07) is 11.8. The van der Waals surface area contributed by atoms with Gasteiger partial charge in [0.1, 0.15) is 16.3 Å². The molecule has 1 N–H and O–H groups in total. The van der Waals surface area contributed by atoms with Crippen molar-refractivity contribution in [2.75, 3.05) is 18.2 Å². The molecule has 0 aliphatic heterocycles. The maximum Gasteiger partial charge on any atom is 0.296 e. The number of nitro groups is 1. The van der Waals surface area contributed by atoms with Crippen LogP contribution in [0.3, 0.4) is 0 Å². The van der Waals surface area contributed by atoms with Crippen LogP contribution in [0.25, 0.3) is 20.9 Å². The van der Waals surface area contributed by atoms with Crippen molar-refractivity contribution in [3.8, 4) is 16.5 Å². The third-order valence-corrected chi connectivity index (χ3v) is 6.62. The molecule has 12 heteroatoms. The highest BCUT2D eigenvalue weighted by Crippen LogP contribution is 2.41. The molecule has 31 heavy (non-hydrogen) atoms. The minimum absolute atomic E-state index is 0.0691. The van der Waals surface area contributed by atoms with Crippen molar-refractivity contribution in [3.05, 3.63) is 57.6 Å². The minimum Gasteiger partial charge on any atom is -0.496 e. The summed E-state index contributed by atoms with van der Waals surface area (Å²) in [5, 5.41) is 23.3. The number of methoxy groups -OCH3 is 1. The molecule has 0 atom stereocenters. The molecular formula is C19H13ClN4O5S2. The number of nitrogens with zero attached hydrogens (tertiary/aromatic N) is 3. The van der Waals surface area contributed by atoms with Gasteiger partial charge in [-0.2, -0.15) is 0 Å². The fourth-order valence-electron chi connectivity index (χ4n) is 2.72. The molecule has 2 aromatic carbocycles. The van der Waals surface area contributed by atoms with E-state index in [-0.39, 0.29) is 28.2 Å². The Morgan fingerprint density at radius 2 is 2.13 bits per heavy atom. The van der Waals surface area contributed by atoms with Gasteiger partial charge in [0.25, 0.3) is 16.8 Å². The van der Waals surface area contributed by atoms with Crippen molar-refractivity contribution < 1.29 is 18.9 Å². The summed E-state index contributed by atoms with van der Waals surface area (Å²) in [6.45, 7) is 0. The van der Waals surface area contributed by atoms with Gasteiger partial charge >= 0.3 is 0 Å². The first kappa shape index (κ1) is 21.1. The lowest BCUT2D eigenvalue weighted by Gasteiger charge is -2.06. The van der Waals surface area contributed by atoms with E-state index in [1.54, 1.807) is 0 Å². The van der Waals surface area contributed by atoms with Crippen LogP contribution in [0.1, 0.15) is 0 Å². The number of nitrogens with one attached hydrogen (secondary N) is 1. The van der Waals surface area contributed by atoms with Crippen LogP contribution in [-0.4, -0.2) is 33.9 Å². The van der Waals surface area contributed by atoms with Crippen molar-refractivity contribution >= 4 is 62.1 Å². The lowest BCUT2D eigenvalue weighted by atomic mass is 10.2. The Bertz CT molecular complexity index is 1290. The lowest BCUT2D eigenvalue weighted by molar-refractivity contribution is -0.384. The molecule has 0 saturated heterocycles. The van der Waals surface area contributed by atoms with Crippen molar-refractivity contribution in [2.24, 2.45) is 0 Å². The molecule has 0 unspecified atom stereocenters. The molecule has 1 amide bonds. The second kappa shape index (κ2) is 8.92. The van der Waals surface area contributed by atoms with Crippen molar-refractivity contribution in [1.29, 1.82) is 0 Å². The molecule has 158 valence electrons. The third-order valence-electron chi connectivity index (χ3n) is 4.14. The van der Waals surface area contributed by atoms with Crippen LogP contribution in [0.5, 0.6) is 5.75 Å². The van der Waals surface area contributed by atoms with Gasteiger partial charge in [0, 0.05) is 10.1 Å².